The van der Waals surface area contributed by atoms with Crippen molar-refractivity contribution >= 4 is 11.0 Å². The summed E-state index contributed by atoms with van der Waals surface area (Å²) >= 11 is 0. The summed E-state index contributed by atoms with van der Waals surface area (Å²) in [5.74, 6) is 0. The van der Waals surface area contributed by atoms with Gasteiger partial charge >= 0.3 is 0 Å². The first-order valence-corrected chi connectivity index (χ1v) is 5.36. The van der Waals surface area contributed by atoms with Crippen LogP contribution >= 0.6 is 0 Å². The average Bonchev–Trinajstić information content (AvgIpc) is 2.27. The lowest BCUT2D eigenvalue weighted by Gasteiger charge is -2.08. The Labute approximate surface area is 95.2 Å². The highest BCUT2D eigenvalue weighted by molar-refractivity contribution is 5.81. The van der Waals surface area contributed by atoms with Crippen molar-refractivity contribution in [2.75, 3.05) is 0 Å². The summed E-state index contributed by atoms with van der Waals surface area (Å²) < 4.78 is 5.49. The first kappa shape index (κ1) is 12.5. The van der Waals surface area contributed by atoms with Gasteiger partial charge in [0, 0.05) is 10.9 Å². The van der Waals surface area contributed by atoms with Gasteiger partial charge in [0.1, 0.15) is 5.58 Å². The lowest BCUT2D eigenvalue weighted by atomic mass is 10.0. The Morgan fingerprint density at radius 3 is 2.31 bits per heavy atom. The molecule has 0 amide bonds. The van der Waals surface area contributed by atoms with E-state index in [1.807, 2.05) is 18.2 Å². The van der Waals surface area contributed by atoms with Crippen LogP contribution in [0, 0.1) is 5.41 Å². The zero-order chi connectivity index (χ0) is 10.8. The summed E-state index contributed by atoms with van der Waals surface area (Å²) in [6, 6.07) is 7.94. The van der Waals surface area contributed by atoms with Crippen LogP contribution in [0.5, 0.6) is 0 Å². The van der Waals surface area contributed by atoms with E-state index in [9.17, 15) is 0 Å². The molecule has 3 heteroatoms. The molecule has 1 aromatic heterocycles. The first-order chi connectivity index (χ1) is 7.27. The number of hydrogen-bond donors (Lipinski definition) is 2. The van der Waals surface area contributed by atoms with E-state index in [0.29, 0.717) is 5.55 Å². The second-order valence-electron chi connectivity index (χ2n) is 3.59. The smallest absolute Gasteiger partial charge is 0.215 e. The summed E-state index contributed by atoms with van der Waals surface area (Å²) in [4.78, 5) is 0. The molecular formula is C13H18N2O. The van der Waals surface area contributed by atoms with Crippen molar-refractivity contribution in [2.24, 2.45) is 0 Å². The summed E-state index contributed by atoms with van der Waals surface area (Å²) in [7, 11) is 0. The number of benzene rings is 1. The van der Waals surface area contributed by atoms with E-state index in [-0.39, 0.29) is 6.15 Å². The quantitative estimate of drug-likeness (QED) is 0.812. The lowest BCUT2D eigenvalue weighted by Crippen LogP contribution is -2.10. The molecule has 0 aliphatic heterocycles. The molecule has 0 saturated heterocycles. The number of nitrogens with one attached hydrogen (secondary N) is 1. The predicted octanol–water partition coefficient (Wildman–Crippen LogP) is 3.20. The third-order valence-electron chi connectivity index (χ3n) is 2.77. The molecule has 2 rings (SSSR count). The van der Waals surface area contributed by atoms with Crippen molar-refractivity contribution < 1.29 is 4.42 Å². The Morgan fingerprint density at radius 2 is 1.69 bits per heavy atom. The minimum atomic E-state index is 0. The van der Waals surface area contributed by atoms with Crippen molar-refractivity contribution in [1.29, 1.82) is 5.41 Å². The second kappa shape index (κ2) is 4.94. The van der Waals surface area contributed by atoms with E-state index >= 15 is 0 Å². The van der Waals surface area contributed by atoms with Crippen LogP contribution < -0.4 is 11.7 Å². The predicted molar refractivity (Wildman–Crippen MR) is 65.8 cm³/mol. The molecule has 4 N–H and O–H groups in total. The summed E-state index contributed by atoms with van der Waals surface area (Å²) in [5, 5.41) is 8.98. The normalized spacial score (nSPS) is 10.1. The van der Waals surface area contributed by atoms with Gasteiger partial charge in [-0.25, -0.2) is 0 Å². The Kier molecular flexibility index (Phi) is 3.85. The Hall–Kier alpha value is -1.61. The molecule has 1 heterocycles. The molecule has 0 fully saturated rings. The highest BCUT2D eigenvalue weighted by Gasteiger charge is 2.08. The van der Waals surface area contributed by atoms with Crippen molar-refractivity contribution in [2.45, 2.75) is 26.7 Å². The molecule has 0 bridgehead atoms. The van der Waals surface area contributed by atoms with Crippen LogP contribution in [0.3, 0.4) is 0 Å². The maximum absolute atomic E-state index is 7.83. The van der Waals surface area contributed by atoms with E-state index < -0.39 is 0 Å². The standard InChI is InChI=1S/C13H15NO.H3N/c1-3-9-10(4-2)13(14)15-12-8-6-5-7-11(9)12;/h5-8,14H,3-4H2,1-2H3;1H3. The number of hydrogen-bond acceptors (Lipinski definition) is 3. The topological polar surface area (TPSA) is 72.0 Å². The number of fused-ring (bicyclic) bond motifs is 1. The van der Waals surface area contributed by atoms with Crippen LogP contribution in [-0.4, -0.2) is 0 Å². The van der Waals surface area contributed by atoms with Gasteiger partial charge in [-0.1, -0.05) is 32.0 Å². The fourth-order valence-electron chi connectivity index (χ4n) is 2.05. The molecule has 2 aromatic rings. The second-order valence-corrected chi connectivity index (χ2v) is 3.59. The Bertz CT molecular complexity index is 543. The van der Waals surface area contributed by atoms with E-state index in [0.717, 1.165) is 29.4 Å². The van der Waals surface area contributed by atoms with Gasteiger partial charge in [0.05, 0.1) is 0 Å². The molecule has 0 spiro atoms. The maximum atomic E-state index is 7.83. The van der Waals surface area contributed by atoms with Gasteiger partial charge in [-0.05, 0) is 24.5 Å². The zero-order valence-corrected chi connectivity index (χ0v) is 9.84. The van der Waals surface area contributed by atoms with Crippen LogP contribution in [-0.2, 0) is 12.8 Å². The van der Waals surface area contributed by atoms with Crippen LogP contribution in [0.2, 0.25) is 0 Å². The Balaban J connectivity index is 0.00000128. The summed E-state index contributed by atoms with van der Waals surface area (Å²) in [6.07, 6.45) is 1.81. The van der Waals surface area contributed by atoms with Crippen LogP contribution in [0.4, 0.5) is 0 Å². The number of aryl methyl sites for hydroxylation is 1. The third-order valence-corrected chi connectivity index (χ3v) is 2.77. The summed E-state index contributed by atoms with van der Waals surface area (Å²) in [5.41, 5.74) is 3.42. The minimum Gasteiger partial charge on any atom is -0.439 e. The third kappa shape index (κ3) is 1.86. The van der Waals surface area contributed by atoms with Gasteiger partial charge in [0.2, 0.25) is 5.55 Å². The monoisotopic (exact) mass is 218 g/mol. The van der Waals surface area contributed by atoms with Gasteiger partial charge in [0.25, 0.3) is 0 Å². The van der Waals surface area contributed by atoms with E-state index in [2.05, 4.69) is 19.9 Å². The van der Waals surface area contributed by atoms with Gasteiger partial charge in [0.15, 0.2) is 0 Å². The molecule has 0 saturated carbocycles. The van der Waals surface area contributed by atoms with Gasteiger partial charge in [-0.15, -0.1) is 0 Å². The molecule has 1 aromatic carbocycles. The Morgan fingerprint density at radius 1 is 1.06 bits per heavy atom. The fraction of sp³-hybridized carbons (Fsp3) is 0.308. The van der Waals surface area contributed by atoms with E-state index in [1.165, 1.54) is 5.56 Å². The van der Waals surface area contributed by atoms with Crippen molar-refractivity contribution in [1.82, 2.24) is 6.15 Å². The molecule has 16 heavy (non-hydrogen) atoms. The zero-order valence-electron chi connectivity index (χ0n) is 9.84. The highest BCUT2D eigenvalue weighted by atomic mass is 16.3. The minimum absolute atomic E-state index is 0. The first-order valence-electron chi connectivity index (χ1n) is 5.36. The molecule has 0 radical (unpaired) electrons. The molecule has 0 aliphatic carbocycles. The van der Waals surface area contributed by atoms with Crippen molar-refractivity contribution in [3.63, 3.8) is 0 Å². The largest absolute Gasteiger partial charge is 0.439 e. The average molecular weight is 218 g/mol. The van der Waals surface area contributed by atoms with Crippen molar-refractivity contribution in [3.05, 3.63) is 40.9 Å². The van der Waals surface area contributed by atoms with Gasteiger partial charge in [-0.2, -0.15) is 0 Å². The van der Waals surface area contributed by atoms with Crippen LogP contribution in [0.15, 0.2) is 28.7 Å². The summed E-state index contributed by atoms with van der Waals surface area (Å²) in [6.45, 7) is 4.19. The van der Waals surface area contributed by atoms with E-state index in [4.69, 9.17) is 9.83 Å². The molecule has 0 unspecified atom stereocenters. The fourth-order valence-corrected chi connectivity index (χ4v) is 2.05. The van der Waals surface area contributed by atoms with Crippen LogP contribution in [0.1, 0.15) is 25.0 Å². The molecule has 0 atom stereocenters. The van der Waals surface area contributed by atoms with E-state index in [1.54, 1.807) is 0 Å². The van der Waals surface area contributed by atoms with Crippen molar-refractivity contribution in [3.8, 4) is 0 Å². The number of para-hydroxylation sites is 1. The molecular weight excluding hydrogens is 200 g/mol. The molecule has 3 nitrogen and oxygen atoms in total. The highest BCUT2D eigenvalue weighted by Crippen LogP contribution is 2.20. The molecule has 86 valence electrons. The number of rotatable bonds is 2. The van der Waals surface area contributed by atoms with Gasteiger partial charge < -0.3 is 10.6 Å². The maximum Gasteiger partial charge on any atom is 0.215 e. The lowest BCUT2D eigenvalue weighted by molar-refractivity contribution is 0.521. The SMILES string of the molecule is CCc1c(CC)c2ccccc2oc1=N.N. The van der Waals surface area contributed by atoms with Crippen LogP contribution in [0.25, 0.3) is 11.0 Å². The molecule has 0 aliphatic rings. The van der Waals surface area contributed by atoms with Gasteiger partial charge in [-0.3, -0.25) is 5.41 Å².